The van der Waals surface area contributed by atoms with Crippen molar-refractivity contribution in [1.82, 2.24) is 9.97 Å². The van der Waals surface area contributed by atoms with Crippen LogP contribution in [-0.4, -0.2) is 41.8 Å². The first kappa shape index (κ1) is 22.3. The molecule has 1 atom stereocenters. The first-order valence-corrected chi connectivity index (χ1v) is 10.5. The molecule has 0 aliphatic carbocycles. The van der Waals surface area contributed by atoms with Crippen LogP contribution in [0.25, 0.3) is 0 Å². The van der Waals surface area contributed by atoms with Crippen LogP contribution in [0.5, 0.6) is 17.2 Å². The fourth-order valence-corrected chi connectivity index (χ4v) is 3.94. The Kier molecular flexibility index (Phi) is 6.58. The Morgan fingerprint density at radius 1 is 1.15 bits per heavy atom. The van der Waals surface area contributed by atoms with Crippen molar-refractivity contribution in [1.29, 1.82) is 0 Å². The van der Waals surface area contributed by atoms with Gasteiger partial charge in [-0.05, 0) is 49.2 Å². The number of carboxylic acids is 1. The monoisotopic (exact) mass is 453 g/mol. The van der Waals surface area contributed by atoms with Gasteiger partial charge in [-0.2, -0.15) is 0 Å². The summed E-state index contributed by atoms with van der Waals surface area (Å²) in [6.07, 6.45) is 3.09. The smallest absolute Gasteiger partial charge is 0.339 e. The molecule has 8 nitrogen and oxygen atoms in total. The summed E-state index contributed by atoms with van der Waals surface area (Å²) in [4.78, 5) is 22.6. The quantitative estimate of drug-likeness (QED) is 0.541. The molecule has 1 aromatic heterocycles. The Balaban J connectivity index is 1.63. The van der Waals surface area contributed by atoms with Gasteiger partial charge in [-0.15, -0.1) is 0 Å². The van der Waals surface area contributed by atoms with Crippen LogP contribution in [0.2, 0.25) is 0 Å². The molecule has 0 bridgehead atoms. The molecular weight excluding hydrogens is 429 g/mol. The average Bonchev–Trinajstić information content (AvgIpc) is 3.32. The van der Waals surface area contributed by atoms with Crippen LogP contribution in [0.3, 0.4) is 0 Å². The molecule has 3 aromatic rings. The molecule has 2 heterocycles. The third kappa shape index (κ3) is 4.82. The molecule has 0 spiro atoms. The fraction of sp³-hybridized carbons (Fsp3) is 0.292. The molecule has 172 valence electrons. The third-order valence-corrected chi connectivity index (χ3v) is 5.58. The van der Waals surface area contributed by atoms with E-state index in [-0.39, 0.29) is 29.7 Å². The lowest BCUT2D eigenvalue weighted by Crippen LogP contribution is -2.26. The lowest BCUT2D eigenvalue weighted by atomic mass is 10.0. The van der Waals surface area contributed by atoms with Gasteiger partial charge in [0.25, 0.3) is 0 Å². The molecule has 1 aliphatic rings. The highest BCUT2D eigenvalue weighted by Gasteiger charge is 2.31. The minimum Gasteiger partial charge on any atom is -0.497 e. The van der Waals surface area contributed by atoms with E-state index in [1.807, 2.05) is 23.1 Å². The van der Waals surface area contributed by atoms with Gasteiger partial charge in [0.15, 0.2) is 0 Å². The van der Waals surface area contributed by atoms with Crippen molar-refractivity contribution >= 4 is 11.9 Å². The molecule has 4 rings (SSSR count). The molecule has 0 unspecified atom stereocenters. The van der Waals surface area contributed by atoms with E-state index in [1.54, 1.807) is 14.2 Å². The highest BCUT2D eigenvalue weighted by Crippen LogP contribution is 2.40. The van der Waals surface area contributed by atoms with Crippen molar-refractivity contribution in [3.63, 3.8) is 0 Å². The molecule has 1 saturated heterocycles. The molecular formula is C24H24FN3O5. The number of hydrogen-bond donors (Lipinski definition) is 1. The third-order valence-electron chi connectivity index (χ3n) is 5.58. The van der Waals surface area contributed by atoms with Crippen molar-refractivity contribution in [2.45, 2.75) is 25.5 Å². The molecule has 1 fully saturated rings. The maximum Gasteiger partial charge on any atom is 0.339 e. The van der Waals surface area contributed by atoms with Gasteiger partial charge in [0.2, 0.25) is 5.95 Å². The van der Waals surface area contributed by atoms with Crippen LogP contribution in [0.1, 0.15) is 40.5 Å². The van der Waals surface area contributed by atoms with E-state index in [0.29, 0.717) is 29.7 Å². The van der Waals surface area contributed by atoms with E-state index in [0.717, 1.165) is 18.4 Å². The normalized spacial score (nSPS) is 15.4. The number of methoxy groups -OCH3 is 2. The van der Waals surface area contributed by atoms with Gasteiger partial charge in [-0.3, -0.25) is 0 Å². The number of hydrogen-bond acceptors (Lipinski definition) is 7. The number of nitrogens with zero attached hydrogens (tertiary/aromatic N) is 3. The Morgan fingerprint density at radius 2 is 1.91 bits per heavy atom. The van der Waals surface area contributed by atoms with Gasteiger partial charge in [0.05, 0.1) is 26.0 Å². The van der Waals surface area contributed by atoms with Crippen molar-refractivity contribution in [3.8, 4) is 17.2 Å². The summed E-state index contributed by atoms with van der Waals surface area (Å²) in [5.41, 5.74) is 1.17. The lowest BCUT2D eigenvalue weighted by Gasteiger charge is -2.27. The van der Waals surface area contributed by atoms with Gasteiger partial charge in [-0.25, -0.2) is 19.2 Å². The zero-order valence-electron chi connectivity index (χ0n) is 18.3. The van der Waals surface area contributed by atoms with Crippen molar-refractivity contribution in [3.05, 3.63) is 71.3 Å². The summed E-state index contributed by atoms with van der Waals surface area (Å²) in [6, 6.07) is 11.1. The van der Waals surface area contributed by atoms with Crippen LogP contribution in [0.4, 0.5) is 10.3 Å². The van der Waals surface area contributed by atoms with Crippen LogP contribution in [0.15, 0.2) is 48.7 Å². The van der Waals surface area contributed by atoms with Crippen LogP contribution in [-0.2, 0) is 6.61 Å². The topological polar surface area (TPSA) is 94.0 Å². The maximum absolute atomic E-state index is 13.1. The van der Waals surface area contributed by atoms with E-state index < -0.39 is 5.97 Å². The van der Waals surface area contributed by atoms with E-state index >= 15 is 0 Å². The van der Waals surface area contributed by atoms with E-state index in [1.165, 1.54) is 30.5 Å². The van der Waals surface area contributed by atoms with Crippen LogP contribution >= 0.6 is 0 Å². The van der Waals surface area contributed by atoms with Crippen LogP contribution < -0.4 is 19.1 Å². The summed E-state index contributed by atoms with van der Waals surface area (Å²) in [7, 11) is 3.21. The van der Waals surface area contributed by atoms with E-state index in [4.69, 9.17) is 14.2 Å². The van der Waals surface area contributed by atoms with Crippen molar-refractivity contribution in [2.75, 3.05) is 25.7 Å². The van der Waals surface area contributed by atoms with Gasteiger partial charge >= 0.3 is 5.97 Å². The summed E-state index contributed by atoms with van der Waals surface area (Å²) in [5.74, 6) is 0.699. The highest BCUT2D eigenvalue weighted by molar-refractivity contribution is 5.88. The SMILES string of the molecule is COc1ccc([C@H]2CCCN2c2ncc(C(=O)O)c(COc3ccc(F)cc3)n2)c(OC)c1. The van der Waals surface area contributed by atoms with Crippen molar-refractivity contribution in [2.24, 2.45) is 0 Å². The minimum absolute atomic E-state index is 0.0348. The van der Waals surface area contributed by atoms with Gasteiger partial charge in [0.1, 0.15) is 35.2 Å². The van der Waals surface area contributed by atoms with E-state index in [9.17, 15) is 14.3 Å². The number of aromatic carboxylic acids is 1. The molecule has 0 saturated carbocycles. The predicted octanol–water partition coefficient (Wildman–Crippen LogP) is 4.25. The van der Waals surface area contributed by atoms with E-state index in [2.05, 4.69) is 9.97 Å². The number of halogens is 1. The van der Waals surface area contributed by atoms with Gasteiger partial charge in [0, 0.05) is 24.4 Å². The largest absolute Gasteiger partial charge is 0.497 e. The summed E-state index contributed by atoms with van der Waals surface area (Å²) in [5, 5.41) is 9.58. The Hall–Kier alpha value is -3.88. The van der Waals surface area contributed by atoms with Gasteiger partial charge < -0.3 is 24.2 Å². The number of benzene rings is 2. The molecule has 0 amide bonds. The molecule has 0 radical (unpaired) electrons. The molecule has 9 heteroatoms. The number of carbonyl (C=O) groups is 1. The molecule has 1 N–H and O–H groups in total. The number of rotatable bonds is 8. The Bertz CT molecular complexity index is 1140. The summed E-state index contributed by atoms with van der Waals surface area (Å²) in [6.45, 7) is 0.623. The zero-order valence-corrected chi connectivity index (χ0v) is 18.3. The van der Waals surface area contributed by atoms with Gasteiger partial charge in [-0.1, -0.05) is 0 Å². The number of carboxylic acid groups (broad SMARTS) is 1. The number of anilines is 1. The highest BCUT2D eigenvalue weighted by atomic mass is 19.1. The first-order valence-electron chi connectivity index (χ1n) is 10.5. The Labute approximate surface area is 190 Å². The second kappa shape index (κ2) is 9.72. The minimum atomic E-state index is -1.14. The lowest BCUT2D eigenvalue weighted by molar-refractivity contribution is 0.0692. The summed E-state index contributed by atoms with van der Waals surface area (Å²) < 4.78 is 29.7. The molecule has 2 aromatic carbocycles. The maximum atomic E-state index is 13.1. The van der Waals surface area contributed by atoms with Crippen molar-refractivity contribution < 1.29 is 28.5 Å². The predicted molar refractivity (Wildman–Crippen MR) is 119 cm³/mol. The molecule has 33 heavy (non-hydrogen) atoms. The average molecular weight is 453 g/mol. The first-order chi connectivity index (χ1) is 16.0. The Morgan fingerprint density at radius 3 is 2.61 bits per heavy atom. The number of ether oxygens (including phenoxy) is 3. The summed E-state index contributed by atoms with van der Waals surface area (Å²) >= 11 is 0. The molecule has 1 aliphatic heterocycles. The second-order valence-corrected chi connectivity index (χ2v) is 7.54. The fourth-order valence-electron chi connectivity index (χ4n) is 3.94. The standard InChI is InChI=1S/C24H24FN3O5/c1-31-17-9-10-18(22(12-17)32-2)21-4-3-11-28(21)24-26-13-19(23(29)30)20(27-24)14-33-16-7-5-15(25)6-8-16/h5-10,12-13,21H,3-4,11,14H2,1-2H3,(H,29,30)/t21-/m1/s1. The number of aromatic nitrogens is 2. The zero-order chi connectivity index (χ0) is 23.4. The second-order valence-electron chi connectivity index (χ2n) is 7.54. The van der Waals surface area contributed by atoms with Crippen LogP contribution in [0, 0.1) is 5.82 Å².